The van der Waals surface area contributed by atoms with Crippen molar-refractivity contribution in [2.24, 2.45) is 0 Å². The van der Waals surface area contributed by atoms with Gasteiger partial charge in [0.25, 0.3) is 0 Å². The molecule has 4 rings (SSSR count). The van der Waals surface area contributed by atoms with Crippen molar-refractivity contribution < 1.29 is 4.79 Å². The average Bonchev–Trinajstić information content (AvgIpc) is 3.18. The highest BCUT2D eigenvalue weighted by atomic mass is 35.5. The van der Waals surface area contributed by atoms with Gasteiger partial charge in [-0.25, -0.2) is 9.97 Å². The summed E-state index contributed by atoms with van der Waals surface area (Å²) in [4.78, 5) is 26.6. The molecular formula is C21H24ClN5OS. The lowest BCUT2D eigenvalue weighted by atomic mass is 10.1. The second-order valence-corrected chi connectivity index (χ2v) is 8.44. The van der Waals surface area contributed by atoms with Crippen LogP contribution in [-0.4, -0.2) is 60.0 Å². The van der Waals surface area contributed by atoms with Gasteiger partial charge in [-0.05, 0) is 24.1 Å². The van der Waals surface area contributed by atoms with E-state index in [9.17, 15) is 4.79 Å². The van der Waals surface area contributed by atoms with Crippen LogP contribution in [0.4, 0.5) is 5.82 Å². The van der Waals surface area contributed by atoms with Crippen molar-refractivity contribution >= 4 is 44.9 Å². The van der Waals surface area contributed by atoms with Gasteiger partial charge >= 0.3 is 0 Å². The molecule has 0 bridgehead atoms. The number of rotatable bonds is 6. The predicted molar refractivity (Wildman–Crippen MR) is 120 cm³/mol. The number of amides is 1. The fourth-order valence-electron chi connectivity index (χ4n) is 3.58. The molecule has 1 aromatic carbocycles. The number of anilines is 1. The first-order chi connectivity index (χ1) is 14.2. The highest BCUT2D eigenvalue weighted by Gasteiger charge is 2.23. The molecule has 2 aromatic heterocycles. The number of benzene rings is 1. The lowest BCUT2D eigenvalue weighted by molar-refractivity contribution is -0.122. The van der Waals surface area contributed by atoms with Crippen molar-refractivity contribution in [3.05, 3.63) is 41.0 Å². The van der Waals surface area contributed by atoms with Gasteiger partial charge in [-0.2, -0.15) is 0 Å². The maximum atomic E-state index is 12.0. The van der Waals surface area contributed by atoms with E-state index < -0.39 is 0 Å². The number of nitrogens with one attached hydrogen (secondary N) is 1. The summed E-state index contributed by atoms with van der Waals surface area (Å²) in [6.07, 6.45) is 2.60. The molecule has 1 aliphatic heterocycles. The highest BCUT2D eigenvalue weighted by molar-refractivity contribution is 7.17. The fourth-order valence-corrected chi connectivity index (χ4v) is 4.62. The van der Waals surface area contributed by atoms with Crippen molar-refractivity contribution in [1.29, 1.82) is 0 Å². The zero-order valence-electron chi connectivity index (χ0n) is 16.4. The minimum absolute atomic E-state index is 0.104. The summed E-state index contributed by atoms with van der Waals surface area (Å²) in [5.41, 5.74) is 2.25. The zero-order valence-corrected chi connectivity index (χ0v) is 18.0. The first-order valence-corrected chi connectivity index (χ1v) is 11.1. The number of hydrogen-bond donors (Lipinski definition) is 1. The number of piperazine rings is 1. The van der Waals surface area contributed by atoms with E-state index in [0.717, 1.165) is 71.3 Å². The van der Waals surface area contributed by atoms with E-state index in [2.05, 4.69) is 37.4 Å². The summed E-state index contributed by atoms with van der Waals surface area (Å²) >= 11 is 7.69. The Bertz CT molecular complexity index is 982. The Balaban J connectivity index is 1.52. The molecule has 152 valence electrons. The van der Waals surface area contributed by atoms with Gasteiger partial charge in [0.05, 0.1) is 11.9 Å². The van der Waals surface area contributed by atoms with Gasteiger partial charge in [-0.1, -0.05) is 30.7 Å². The molecule has 0 unspecified atom stereocenters. The number of carbonyl (C=O) groups excluding carboxylic acids is 1. The smallest absolute Gasteiger partial charge is 0.234 e. The highest BCUT2D eigenvalue weighted by Crippen LogP contribution is 2.38. The fraction of sp³-hybridized carbons (Fsp3) is 0.381. The normalized spacial score (nSPS) is 15.0. The van der Waals surface area contributed by atoms with Crippen molar-refractivity contribution in [2.75, 3.05) is 44.2 Å². The lowest BCUT2D eigenvalue weighted by Crippen LogP contribution is -2.49. The number of nitrogens with zero attached hydrogens (tertiary/aromatic N) is 4. The number of aromatic nitrogens is 2. The first kappa shape index (κ1) is 20.1. The second-order valence-electron chi connectivity index (χ2n) is 7.15. The number of hydrogen-bond acceptors (Lipinski definition) is 6. The quantitative estimate of drug-likeness (QED) is 0.647. The van der Waals surface area contributed by atoms with E-state index in [0.29, 0.717) is 6.54 Å². The SMILES string of the molecule is CCCNC(=O)CN1CCN(c2ncnc3scc(-c4ccc(Cl)cc4)c23)CC1. The standard InChI is InChI=1S/C21H24ClN5OS/c1-2-7-23-18(28)12-26-8-10-27(11-9-26)20-19-17(13-29-21(19)25-14-24-20)15-3-5-16(22)6-4-15/h3-6,13-14H,2,7-12H2,1H3,(H,23,28). The third-order valence-electron chi connectivity index (χ3n) is 5.12. The molecule has 1 amide bonds. The Hall–Kier alpha value is -2.22. The molecule has 1 N–H and O–H groups in total. The maximum Gasteiger partial charge on any atom is 0.234 e. The summed E-state index contributed by atoms with van der Waals surface area (Å²) in [7, 11) is 0. The van der Waals surface area contributed by atoms with E-state index in [1.54, 1.807) is 17.7 Å². The molecule has 29 heavy (non-hydrogen) atoms. The second kappa shape index (κ2) is 9.07. The Kier molecular flexibility index (Phi) is 6.28. The largest absolute Gasteiger partial charge is 0.355 e. The maximum absolute atomic E-state index is 12.0. The monoisotopic (exact) mass is 429 g/mol. The van der Waals surface area contributed by atoms with Crippen LogP contribution in [0.1, 0.15) is 13.3 Å². The molecule has 0 atom stereocenters. The van der Waals surface area contributed by atoms with Crippen molar-refractivity contribution in [3.63, 3.8) is 0 Å². The van der Waals surface area contributed by atoms with E-state index in [1.165, 1.54) is 0 Å². The van der Waals surface area contributed by atoms with Crippen LogP contribution in [0.2, 0.25) is 5.02 Å². The molecule has 0 radical (unpaired) electrons. The molecule has 6 nitrogen and oxygen atoms in total. The van der Waals surface area contributed by atoms with Crippen LogP contribution in [0.3, 0.4) is 0 Å². The summed E-state index contributed by atoms with van der Waals surface area (Å²) in [6.45, 7) is 6.61. The minimum atomic E-state index is 0.104. The van der Waals surface area contributed by atoms with Crippen molar-refractivity contribution in [2.45, 2.75) is 13.3 Å². The van der Waals surface area contributed by atoms with Crippen LogP contribution in [0.15, 0.2) is 36.0 Å². The van der Waals surface area contributed by atoms with Crippen LogP contribution >= 0.6 is 22.9 Å². The Morgan fingerprint density at radius 2 is 1.93 bits per heavy atom. The minimum Gasteiger partial charge on any atom is -0.355 e. The van der Waals surface area contributed by atoms with Gasteiger partial charge < -0.3 is 10.2 Å². The van der Waals surface area contributed by atoms with Gasteiger partial charge in [0.15, 0.2) is 0 Å². The summed E-state index contributed by atoms with van der Waals surface area (Å²) in [5.74, 6) is 1.07. The Labute approximate surface area is 179 Å². The van der Waals surface area contributed by atoms with Crippen LogP contribution in [0.5, 0.6) is 0 Å². The predicted octanol–water partition coefficient (Wildman–Crippen LogP) is 3.66. The van der Waals surface area contributed by atoms with Crippen LogP contribution in [0, 0.1) is 0 Å². The Morgan fingerprint density at radius 1 is 1.17 bits per heavy atom. The first-order valence-electron chi connectivity index (χ1n) is 9.88. The number of halogens is 1. The summed E-state index contributed by atoms with van der Waals surface area (Å²) in [6, 6.07) is 7.89. The Morgan fingerprint density at radius 3 is 2.66 bits per heavy atom. The summed E-state index contributed by atoms with van der Waals surface area (Å²) in [5, 5.41) is 6.91. The molecule has 8 heteroatoms. The van der Waals surface area contributed by atoms with Gasteiger partial charge in [-0.15, -0.1) is 11.3 Å². The van der Waals surface area contributed by atoms with Crippen molar-refractivity contribution in [1.82, 2.24) is 20.2 Å². The summed E-state index contributed by atoms with van der Waals surface area (Å²) < 4.78 is 0. The molecular weight excluding hydrogens is 406 g/mol. The van der Waals surface area contributed by atoms with E-state index in [4.69, 9.17) is 11.6 Å². The molecule has 1 saturated heterocycles. The zero-order chi connectivity index (χ0) is 20.2. The number of thiophene rings is 1. The lowest BCUT2D eigenvalue weighted by Gasteiger charge is -2.35. The van der Waals surface area contributed by atoms with Gasteiger partial charge in [0, 0.05) is 48.7 Å². The molecule has 1 aliphatic rings. The molecule has 0 saturated carbocycles. The van der Waals surface area contributed by atoms with Crippen LogP contribution < -0.4 is 10.2 Å². The molecule has 1 fully saturated rings. The molecule has 0 spiro atoms. The third-order valence-corrected chi connectivity index (χ3v) is 6.25. The molecule has 3 heterocycles. The van der Waals surface area contributed by atoms with Crippen LogP contribution in [-0.2, 0) is 4.79 Å². The topological polar surface area (TPSA) is 61.4 Å². The van der Waals surface area contributed by atoms with Crippen LogP contribution in [0.25, 0.3) is 21.3 Å². The van der Waals surface area contributed by atoms with E-state index in [1.807, 2.05) is 24.3 Å². The number of carbonyl (C=O) groups is 1. The number of fused-ring (bicyclic) bond motifs is 1. The average molecular weight is 430 g/mol. The van der Waals surface area contributed by atoms with Gasteiger partial charge in [0.1, 0.15) is 17.0 Å². The van der Waals surface area contributed by atoms with Crippen molar-refractivity contribution in [3.8, 4) is 11.1 Å². The van der Waals surface area contributed by atoms with E-state index in [-0.39, 0.29) is 5.91 Å². The van der Waals surface area contributed by atoms with E-state index >= 15 is 0 Å². The molecule has 3 aromatic rings. The van der Waals surface area contributed by atoms with Gasteiger partial charge in [0.2, 0.25) is 5.91 Å². The third kappa shape index (κ3) is 4.52. The molecule has 0 aliphatic carbocycles. The van der Waals surface area contributed by atoms with Gasteiger partial charge in [-0.3, -0.25) is 9.69 Å².